The number of benzene rings is 2. The molecule has 1 aliphatic carbocycles. The molecule has 6 rings (SSSR count). The molecule has 8 heteroatoms. The number of carbonyl (C=O) groups is 2. The summed E-state index contributed by atoms with van der Waals surface area (Å²) in [5.41, 5.74) is 8.76. The fraction of sp³-hybridized carbons (Fsp3) is 0.242. The van der Waals surface area contributed by atoms with Crippen molar-refractivity contribution in [2.75, 3.05) is 5.32 Å². The van der Waals surface area contributed by atoms with Crippen molar-refractivity contribution in [1.29, 1.82) is 0 Å². The van der Waals surface area contributed by atoms with E-state index in [1.807, 2.05) is 68.5 Å². The van der Waals surface area contributed by atoms with E-state index in [4.69, 9.17) is 0 Å². The summed E-state index contributed by atoms with van der Waals surface area (Å²) in [5.74, 6) is -0.227. The van der Waals surface area contributed by atoms with Crippen LogP contribution in [0.4, 0.5) is 11.4 Å². The van der Waals surface area contributed by atoms with Crippen molar-refractivity contribution < 1.29 is 9.59 Å². The molecule has 2 aromatic carbocycles. The summed E-state index contributed by atoms with van der Waals surface area (Å²) in [4.78, 5) is 33.2. The van der Waals surface area contributed by atoms with E-state index in [0.29, 0.717) is 10.1 Å². The maximum absolute atomic E-state index is 13.8. The average Bonchev–Trinajstić information content (AvgIpc) is 3.58. The van der Waals surface area contributed by atoms with Gasteiger partial charge in [0, 0.05) is 22.0 Å². The van der Waals surface area contributed by atoms with Crippen molar-refractivity contribution in [3.05, 3.63) is 104 Å². The highest BCUT2D eigenvalue weighted by atomic mass is 32.2. The molecule has 0 bridgehead atoms. The fourth-order valence-electron chi connectivity index (χ4n) is 5.44. The van der Waals surface area contributed by atoms with E-state index in [-0.39, 0.29) is 11.8 Å². The summed E-state index contributed by atoms with van der Waals surface area (Å²) in [6, 6.07) is 17.9. The second-order valence-electron chi connectivity index (χ2n) is 10.6. The lowest BCUT2D eigenvalue weighted by Crippen LogP contribution is -2.19. The lowest BCUT2D eigenvalue weighted by atomic mass is 9.95. The first-order valence-electron chi connectivity index (χ1n) is 13.9. The first-order chi connectivity index (χ1) is 19.8. The number of hydrogen-bond acceptors (Lipinski definition) is 5. The number of anilines is 1. The number of thiophene rings is 1. The third-order valence-electron chi connectivity index (χ3n) is 7.64. The van der Waals surface area contributed by atoms with Gasteiger partial charge in [0.2, 0.25) is 0 Å². The molecule has 4 aromatic rings. The number of carbonyl (C=O) groups excluding carboxylic acids is 2. The minimum Gasteiger partial charge on any atom is -0.322 e. The van der Waals surface area contributed by atoms with E-state index >= 15 is 0 Å². The first kappa shape index (κ1) is 27.3. The molecule has 2 aliphatic rings. The molecular formula is C33H32N4O2S2. The lowest BCUT2D eigenvalue weighted by molar-refractivity contribution is -0.115. The maximum atomic E-state index is 13.8. The highest BCUT2D eigenvalue weighted by molar-refractivity contribution is 8.18. The monoisotopic (exact) mass is 580 g/mol. The molecule has 0 radical (unpaired) electrons. The van der Waals surface area contributed by atoms with Crippen molar-refractivity contribution in [3.63, 3.8) is 0 Å². The van der Waals surface area contributed by atoms with Crippen LogP contribution in [-0.2, 0) is 17.6 Å². The summed E-state index contributed by atoms with van der Waals surface area (Å²) in [6.07, 6.45) is 6.08. The minimum absolute atomic E-state index is 0.0709. The Hall–Kier alpha value is -3.88. The van der Waals surface area contributed by atoms with E-state index in [9.17, 15) is 9.59 Å². The van der Waals surface area contributed by atoms with E-state index in [0.717, 1.165) is 75.7 Å². The molecule has 0 saturated carbocycles. The molecule has 3 heterocycles. The number of hydrogen-bond donors (Lipinski definition) is 2. The molecule has 0 unspecified atom stereocenters. The van der Waals surface area contributed by atoms with E-state index in [1.165, 1.54) is 22.2 Å². The quantitative estimate of drug-likeness (QED) is 0.237. The van der Waals surface area contributed by atoms with Crippen LogP contribution in [0, 0.1) is 27.7 Å². The van der Waals surface area contributed by atoms with Crippen molar-refractivity contribution in [2.24, 2.45) is 4.99 Å². The normalized spacial score (nSPS) is 16.7. The van der Waals surface area contributed by atoms with Gasteiger partial charge < -0.3 is 15.2 Å². The Bertz CT molecular complexity index is 1740. The summed E-state index contributed by atoms with van der Waals surface area (Å²) >= 11 is 3.07. The molecule has 1 aliphatic heterocycles. The molecule has 2 amide bonds. The van der Waals surface area contributed by atoms with Crippen LogP contribution in [-0.4, -0.2) is 21.5 Å². The van der Waals surface area contributed by atoms with E-state index < -0.39 is 0 Å². The molecule has 2 aromatic heterocycles. The first-order valence-corrected chi connectivity index (χ1v) is 15.5. The highest BCUT2D eigenvalue weighted by Crippen LogP contribution is 2.40. The van der Waals surface area contributed by atoms with Gasteiger partial charge in [-0.15, -0.1) is 11.3 Å². The summed E-state index contributed by atoms with van der Waals surface area (Å²) < 4.78 is 2.18. The van der Waals surface area contributed by atoms with Crippen LogP contribution in [0.1, 0.15) is 61.7 Å². The fourth-order valence-corrected chi connectivity index (χ4v) is 7.76. The van der Waals surface area contributed by atoms with Crippen LogP contribution < -0.4 is 10.6 Å². The maximum Gasteiger partial charge on any atom is 0.264 e. The van der Waals surface area contributed by atoms with Crippen LogP contribution in [0.2, 0.25) is 0 Å². The number of amidine groups is 1. The number of nitrogens with one attached hydrogen (secondary N) is 2. The van der Waals surface area contributed by atoms with E-state index in [1.54, 1.807) is 11.3 Å². The van der Waals surface area contributed by atoms with Gasteiger partial charge in [-0.05, 0) is 112 Å². The number of thioether (sulfide) groups is 1. The zero-order chi connectivity index (χ0) is 28.7. The van der Waals surface area contributed by atoms with Gasteiger partial charge in [-0.3, -0.25) is 9.59 Å². The van der Waals surface area contributed by atoms with Gasteiger partial charge in [0.05, 0.1) is 16.2 Å². The van der Waals surface area contributed by atoms with Gasteiger partial charge in [-0.25, -0.2) is 4.99 Å². The standard InChI is InChI=1S/C33H32N4O2S2/c1-19-13-15-24(16-14-19)34-31(39)29-25-10-6-8-12-27(25)40-32(29)37-21(3)17-23(22(37)4)18-28-30(38)36-33(41-28)35-26-11-7-5-9-20(26)2/h5,7,9,11,13-18H,6,8,10,12H2,1-4H3,(H,34,39)(H,35,36,38)/b28-18-. The van der Waals surface area contributed by atoms with Gasteiger partial charge in [-0.1, -0.05) is 35.9 Å². The molecule has 1 saturated heterocycles. The minimum atomic E-state index is -0.156. The number of aryl methyl sites for hydroxylation is 4. The molecule has 0 spiro atoms. The zero-order valence-electron chi connectivity index (χ0n) is 23.6. The lowest BCUT2D eigenvalue weighted by Gasteiger charge is -2.14. The molecule has 1 fully saturated rings. The Morgan fingerprint density at radius 2 is 1.78 bits per heavy atom. The van der Waals surface area contributed by atoms with Gasteiger partial charge in [0.15, 0.2) is 5.17 Å². The predicted molar refractivity (Wildman–Crippen MR) is 171 cm³/mol. The Balaban J connectivity index is 1.35. The Morgan fingerprint density at radius 1 is 1.02 bits per heavy atom. The van der Waals surface area contributed by atoms with Crippen molar-refractivity contribution in [3.8, 4) is 5.00 Å². The van der Waals surface area contributed by atoms with Crippen molar-refractivity contribution in [1.82, 2.24) is 9.88 Å². The number of fused-ring (bicyclic) bond motifs is 1. The molecule has 0 atom stereocenters. The predicted octanol–water partition coefficient (Wildman–Crippen LogP) is 7.80. The third kappa shape index (κ3) is 5.42. The van der Waals surface area contributed by atoms with E-state index in [2.05, 4.69) is 40.1 Å². The molecular weight excluding hydrogens is 549 g/mol. The second kappa shape index (κ2) is 11.2. The molecule has 6 nitrogen and oxygen atoms in total. The summed E-state index contributed by atoms with van der Waals surface area (Å²) in [5, 5.41) is 7.57. The van der Waals surface area contributed by atoms with Crippen LogP contribution in [0.5, 0.6) is 0 Å². The topological polar surface area (TPSA) is 75.5 Å². The summed E-state index contributed by atoms with van der Waals surface area (Å²) in [6.45, 7) is 8.15. The number of nitrogens with zero attached hydrogens (tertiary/aromatic N) is 2. The van der Waals surface area contributed by atoms with Crippen LogP contribution in [0.3, 0.4) is 0 Å². The SMILES string of the molecule is Cc1ccc(NC(=O)c2c(-n3c(C)cc(/C=C4\SC(=Nc5ccccc5C)NC4=O)c3C)sc3c2CCCC3)cc1. The number of amides is 2. The highest BCUT2D eigenvalue weighted by Gasteiger charge is 2.29. The Labute approximate surface area is 248 Å². The van der Waals surface area contributed by atoms with Crippen LogP contribution in [0.15, 0.2) is 64.5 Å². The largest absolute Gasteiger partial charge is 0.322 e. The Kier molecular flexibility index (Phi) is 7.45. The van der Waals surface area contributed by atoms with Crippen molar-refractivity contribution in [2.45, 2.75) is 53.4 Å². The molecule has 41 heavy (non-hydrogen) atoms. The second-order valence-corrected chi connectivity index (χ2v) is 12.8. The molecule has 208 valence electrons. The smallest absolute Gasteiger partial charge is 0.264 e. The number of rotatable bonds is 5. The van der Waals surface area contributed by atoms with Gasteiger partial charge in [-0.2, -0.15) is 0 Å². The van der Waals surface area contributed by atoms with Crippen LogP contribution in [0.25, 0.3) is 11.1 Å². The number of aliphatic imine (C=N–C) groups is 1. The van der Waals surface area contributed by atoms with Crippen LogP contribution >= 0.6 is 23.1 Å². The molecule has 2 N–H and O–H groups in total. The van der Waals surface area contributed by atoms with Gasteiger partial charge in [0.25, 0.3) is 11.8 Å². The zero-order valence-corrected chi connectivity index (χ0v) is 25.3. The third-order valence-corrected chi connectivity index (χ3v) is 9.82. The van der Waals surface area contributed by atoms with Gasteiger partial charge >= 0.3 is 0 Å². The Morgan fingerprint density at radius 3 is 2.56 bits per heavy atom. The number of aromatic nitrogens is 1. The van der Waals surface area contributed by atoms with Gasteiger partial charge in [0.1, 0.15) is 5.00 Å². The van der Waals surface area contributed by atoms with Crippen molar-refractivity contribution >= 4 is 57.5 Å². The number of para-hydroxylation sites is 1. The summed E-state index contributed by atoms with van der Waals surface area (Å²) in [7, 11) is 0. The average molecular weight is 581 g/mol.